The molecule has 25 heavy (non-hydrogen) atoms. The summed E-state index contributed by atoms with van der Waals surface area (Å²) in [5.74, 6) is -0.828. The average molecular weight is 354 g/mol. The van der Waals surface area contributed by atoms with Crippen molar-refractivity contribution in [2.75, 3.05) is 13.2 Å². The lowest BCUT2D eigenvalue weighted by Crippen LogP contribution is -2.38. The molecule has 0 N–H and O–H groups in total. The third-order valence-corrected chi connectivity index (χ3v) is 5.00. The van der Waals surface area contributed by atoms with Crippen LogP contribution in [0.5, 0.6) is 0 Å². The predicted octanol–water partition coefficient (Wildman–Crippen LogP) is 4.36. The molecule has 0 amide bonds. The first-order valence-electron chi connectivity index (χ1n) is 9.15. The molecule has 5 nitrogen and oxygen atoms in total. The van der Waals surface area contributed by atoms with Crippen LogP contribution in [0.1, 0.15) is 66.2 Å². The van der Waals surface area contributed by atoms with Crippen molar-refractivity contribution in [1.29, 1.82) is 0 Å². The Morgan fingerprint density at radius 3 is 1.72 bits per heavy atom. The molecule has 0 radical (unpaired) electrons. The summed E-state index contributed by atoms with van der Waals surface area (Å²) < 4.78 is 16.9. The minimum Gasteiger partial charge on any atom is -0.462 e. The van der Waals surface area contributed by atoms with Crippen molar-refractivity contribution in [3.05, 3.63) is 25.3 Å². The van der Waals surface area contributed by atoms with E-state index in [1.54, 1.807) is 0 Å². The molecule has 0 atom stereocenters. The number of ether oxygens (including phenoxy) is 3. The molecule has 0 saturated carbocycles. The summed E-state index contributed by atoms with van der Waals surface area (Å²) in [6.07, 6.45) is 6.65. The molecule has 0 unspecified atom stereocenters. The Morgan fingerprint density at radius 2 is 1.28 bits per heavy atom. The molecule has 0 spiro atoms. The fourth-order valence-electron chi connectivity index (χ4n) is 2.78. The highest BCUT2D eigenvalue weighted by Crippen LogP contribution is 2.29. The third-order valence-electron chi connectivity index (χ3n) is 5.00. The topological polar surface area (TPSA) is 61.8 Å². The van der Waals surface area contributed by atoms with Crippen molar-refractivity contribution in [1.82, 2.24) is 0 Å². The van der Waals surface area contributed by atoms with Crippen LogP contribution in [0.4, 0.5) is 0 Å². The molecule has 144 valence electrons. The lowest BCUT2D eigenvalue weighted by Gasteiger charge is -2.35. The van der Waals surface area contributed by atoms with Crippen LogP contribution in [0.25, 0.3) is 0 Å². The van der Waals surface area contributed by atoms with Crippen LogP contribution in [0.3, 0.4) is 0 Å². The number of hydrogen-bond acceptors (Lipinski definition) is 5. The first kappa shape index (κ1) is 23.4. The van der Waals surface area contributed by atoms with Crippen LogP contribution >= 0.6 is 0 Å². The van der Waals surface area contributed by atoms with Gasteiger partial charge in [0.15, 0.2) is 0 Å². The molecule has 0 rings (SSSR count). The lowest BCUT2D eigenvalue weighted by molar-refractivity contribution is -0.159. The number of rotatable bonds is 14. The van der Waals surface area contributed by atoms with Gasteiger partial charge in [-0.1, -0.05) is 40.9 Å². The van der Waals surface area contributed by atoms with Gasteiger partial charge in [0, 0.05) is 25.0 Å². The smallest absolute Gasteiger partial charge is 0.330 e. The Bertz CT molecular complexity index is 433. The number of carbonyl (C=O) groups excluding carboxylic acids is 2. The van der Waals surface area contributed by atoms with Crippen molar-refractivity contribution in [3.8, 4) is 0 Å². The first-order chi connectivity index (χ1) is 11.9. The van der Waals surface area contributed by atoms with E-state index in [1.807, 2.05) is 13.8 Å². The molecule has 0 saturated heterocycles. The van der Waals surface area contributed by atoms with E-state index >= 15 is 0 Å². The van der Waals surface area contributed by atoms with Gasteiger partial charge in [0.2, 0.25) is 0 Å². The van der Waals surface area contributed by atoms with Crippen LogP contribution in [-0.2, 0) is 23.8 Å². The minimum absolute atomic E-state index is 0.296. The van der Waals surface area contributed by atoms with Gasteiger partial charge in [-0.05, 0) is 25.7 Å². The fourth-order valence-corrected chi connectivity index (χ4v) is 2.78. The second kappa shape index (κ2) is 11.9. The van der Waals surface area contributed by atoms with Crippen LogP contribution < -0.4 is 0 Å². The Morgan fingerprint density at radius 1 is 0.800 bits per heavy atom. The molecule has 0 aliphatic heterocycles. The van der Waals surface area contributed by atoms with Gasteiger partial charge in [0.1, 0.15) is 5.60 Å². The second-order valence-corrected chi connectivity index (χ2v) is 6.13. The number of esters is 2. The molecule has 5 heteroatoms. The quantitative estimate of drug-likeness (QED) is 0.343. The zero-order valence-electron chi connectivity index (χ0n) is 16.3. The van der Waals surface area contributed by atoms with E-state index in [4.69, 9.17) is 14.2 Å². The highest BCUT2D eigenvalue weighted by Gasteiger charge is 2.32. The Hall–Kier alpha value is -1.62. The monoisotopic (exact) mass is 354 g/mol. The van der Waals surface area contributed by atoms with Crippen molar-refractivity contribution >= 4 is 11.9 Å². The predicted molar refractivity (Wildman–Crippen MR) is 99.3 cm³/mol. The van der Waals surface area contributed by atoms with Gasteiger partial charge in [-0.15, -0.1) is 0 Å². The maximum Gasteiger partial charge on any atom is 0.330 e. The summed E-state index contributed by atoms with van der Waals surface area (Å²) >= 11 is 0. The van der Waals surface area contributed by atoms with E-state index in [1.165, 1.54) is 6.08 Å². The van der Waals surface area contributed by atoms with Gasteiger partial charge in [-0.25, -0.2) is 9.59 Å². The van der Waals surface area contributed by atoms with Gasteiger partial charge in [-0.2, -0.15) is 0 Å². The SMILES string of the molecule is C=CC(=O)OCCC(CC)(CC)OCCC(CC)(CC)OC(=O)C=C. The molecule has 0 aliphatic rings. The summed E-state index contributed by atoms with van der Waals surface area (Å²) in [7, 11) is 0. The van der Waals surface area contributed by atoms with Crippen LogP contribution in [0, 0.1) is 0 Å². The summed E-state index contributed by atoms with van der Waals surface area (Å²) in [4.78, 5) is 22.8. The Balaban J connectivity index is 4.75. The second-order valence-electron chi connectivity index (χ2n) is 6.13. The third kappa shape index (κ3) is 7.86. The van der Waals surface area contributed by atoms with Gasteiger partial charge >= 0.3 is 11.9 Å². The van der Waals surface area contributed by atoms with E-state index in [2.05, 4.69) is 27.0 Å². The fraction of sp³-hybridized carbons (Fsp3) is 0.700. The molecule has 0 aromatic carbocycles. The molecule has 0 fully saturated rings. The van der Waals surface area contributed by atoms with E-state index in [9.17, 15) is 9.59 Å². The van der Waals surface area contributed by atoms with Crippen LogP contribution in [0.2, 0.25) is 0 Å². The summed E-state index contributed by atoms with van der Waals surface area (Å²) in [6.45, 7) is 15.7. The van der Waals surface area contributed by atoms with E-state index in [0.717, 1.165) is 18.9 Å². The average Bonchev–Trinajstić information content (AvgIpc) is 2.65. The van der Waals surface area contributed by atoms with Gasteiger partial charge in [0.25, 0.3) is 0 Å². The maximum absolute atomic E-state index is 11.6. The molecular weight excluding hydrogens is 320 g/mol. The summed E-state index contributed by atoms with van der Waals surface area (Å²) in [5.41, 5.74) is -0.884. The maximum atomic E-state index is 11.6. The standard InChI is InChI=1S/C20H34O5/c1-7-17(21)23-15-13-19(9-3,10-4)24-16-14-20(11-5,12-6)25-18(22)8-2/h7-8H,1-2,9-16H2,3-6H3. The van der Waals surface area contributed by atoms with Crippen molar-refractivity contribution in [3.63, 3.8) is 0 Å². The first-order valence-corrected chi connectivity index (χ1v) is 9.15. The zero-order chi connectivity index (χ0) is 19.3. The van der Waals surface area contributed by atoms with Gasteiger partial charge in [0.05, 0.1) is 18.8 Å². The largest absolute Gasteiger partial charge is 0.462 e. The van der Waals surface area contributed by atoms with Crippen LogP contribution in [-0.4, -0.2) is 36.4 Å². The summed E-state index contributed by atoms with van der Waals surface area (Å²) in [6, 6.07) is 0. The van der Waals surface area contributed by atoms with Gasteiger partial charge < -0.3 is 14.2 Å². The molecule has 0 aromatic rings. The Kier molecular flexibility index (Phi) is 11.1. The number of hydrogen-bond donors (Lipinski definition) is 0. The minimum atomic E-state index is -0.534. The van der Waals surface area contributed by atoms with E-state index in [0.29, 0.717) is 38.9 Å². The highest BCUT2D eigenvalue weighted by molar-refractivity contribution is 5.81. The van der Waals surface area contributed by atoms with Crippen molar-refractivity contribution < 1.29 is 23.8 Å². The van der Waals surface area contributed by atoms with E-state index in [-0.39, 0.29) is 5.60 Å². The van der Waals surface area contributed by atoms with Crippen molar-refractivity contribution in [2.24, 2.45) is 0 Å². The van der Waals surface area contributed by atoms with E-state index < -0.39 is 17.5 Å². The zero-order valence-corrected chi connectivity index (χ0v) is 16.3. The number of carbonyl (C=O) groups is 2. The Labute approximate surface area is 152 Å². The normalized spacial score (nSPS) is 11.7. The molecule has 0 aliphatic carbocycles. The molecular formula is C20H34O5. The van der Waals surface area contributed by atoms with Gasteiger partial charge in [-0.3, -0.25) is 0 Å². The van der Waals surface area contributed by atoms with Crippen molar-refractivity contribution in [2.45, 2.75) is 77.4 Å². The molecule has 0 heterocycles. The lowest BCUT2D eigenvalue weighted by atomic mass is 9.91. The highest BCUT2D eigenvalue weighted by atomic mass is 16.6. The van der Waals surface area contributed by atoms with Crippen LogP contribution in [0.15, 0.2) is 25.3 Å². The summed E-state index contributed by atoms with van der Waals surface area (Å²) in [5, 5.41) is 0. The molecule has 0 bridgehead atoms. The molecule has 0 aromatic heterocycles.